The molecule has 3 rings (SSSR count). The fourth-order valence-corrected chi connectivity index (χ4v) is 2.90. The molecule has 1 aliphatic rings. The molecule has 112 valence electrons. The molecule has 0 spiro atoms. The number of hydrogen-bond acceptors (Lipinski definition) is 5. The second-order valence-corrected chi connectivity index (χ2v) is 6.51. The molecule has 0 radical (unpaired) electrons. The maximum Gasteiger partial charge on any atom is 0.261 e. The Bertz CT molecular complexity index is 791. The van der Waals surface area contributed by atoms with Crippen LogP contribution in [-0.2, 0) is 10.3 Å². The second-order valence-electron chi connectivity index (χ2n) is 5.26. The molecule has 0 fully saturated rings. The number of carbonyl (C=O) groups excluding carboxylic acids is 1. The van der Waals surface area contributed by atoms with Crippen LogP contribution in [0.4, 0.5) is 0 Å². The SMILES string of the molecule is CN1C(=O)C(C)(c2cncc(-c3cncc(I)c3)c2)N=C1N. The van der Waals surface area contributed by atoms with Crippen LogP contribution in [0, 0.1) is 3.57 Å². The standard InChI is InChI=1S/C15H14IN5O/c1-15(13(22)21(2)14(17)20-15)11-3-9(5-18-7-11)10-4-12(16)8-19-6-10/h3-8H,1-2H3,(H2,17,20). The molecule has 6 nitrogen and oxygen atoms in total. The summed E-state index contributed by atoms with van der Waals surface area (Å²) in [5, 5.41) is 0. The van der Waals surface area contributed by atoms with Crippen molar-refractivity contribution in [3.63, 3.8) is 0 Å². The third kappa shape index (κ3) is 2.35. The van der Waals surface area contributed by atoms with Crippen LogP contribution in [0.5, 0.6) is 0 Å². The predicted molar refractivity (Wildman–Crippen MR) is 91.9 cm³/mol. The van der Waals surface area contributed by atoms with Crippen LogP contribution >= 0.6 is 22.6 Å². The van der Waals surface area contributed by atoms with Gasteiger partial charge in [-0.15, -0.1) is 0 Å². The number of pyridine rings is 2. The average molecular weight is 407 g/mol. The van der Waals surface area contributed by atoms with Crippen LogP contribution in [0.3, 0.4) is 0 Å². The summed E-state index contributed by atoms with van der Waals surface area (Å²) in [4.78, 5) is 26.5. The first-order chi connectivity index (χ1) is 10.4. The summed E-state index contributed by atoms with van der Waals surface area (Å²) in [5.74, 6) is 0.0542. The van der Waals surface area contributed by atoms with Crippen LogP contribution in [0.25, 0.3) is 11.1 Å². The number of nitrogens with two attached hydrogens (primary N) is 1. The van der Waals surface area contributed by atoms with Gasteiger partial charge >= 0.3 is 0 Å². The lowest BCUT2D eigenvalue weighted by Crippen LogP contribution is -2.38. The van der Waals surface area contributed by atoms with Gasteiger partial charge in [-0.25, -0.2) is 4.99 Å². The van der Waals surface area contributed by atoms with Gasteiger partial charge < -0.3 is 5.73 Å². The van der Waals surface area contributed by atoms with E-state index in [1.54, 1.807) is 38.8 Å². The van der Waals surface area contributed by atoms with Crippen molar-refractivity contribution in [2.24, 2.45) is 10.7 Å². The van der Waals surface area contributed by atoms with Crippen molar-refractivity contribution in [1.29, 1.82) is 0 Å². The zero-order valence-corrected chi connectivity index (χ0v) is 14.3. The van der Waals surface area contributed by atoms with Crippen LogP contribution in [0.15, 0.2) is 41.9 Å². The van der Waals surface area contributed by atoms with E-state index in [9.17, 15) is 4.79 Å². The smallest absolute Gasteiger partial charge is 0.261 e. The molecule has 1 unspecified atom stereocenters. The van der Waals surface area contributed by atoms with E-state index in [2.05, 4.69) is 37.6 Å². The third-order valence-corrected chi connectivity index (χ3v) is 4.33. The monoisotopic (exact) mass is 407 g/mol. The zero-order valence-electron chi connectivity index (χ0n) is 12.1. The number of hydrogen-bond donors (Lipinski definition) is 1. The number of halogens is 1. The van der Waals surface area contributed by atoms with E-state index in [4.69, 9.17) is 5.73 Å². The summed E-state index contributed by atoms with van der Waals surface area (Å²) >= 11 is 2.21. The van der Waals surface area contributed by atoms with Gasteiger partial charge in [-0.2, -0.15) is 0 Å². The summed E-state index contributed by atoms with van der Waals surface area (Å²) in [6.45, 7) is 1.75. The molecule has 22 heavy (non-hydrogen) atoms. The summed E-state index contributed by atoms with van der Waals surface area (Å²) in [6.07, 6.45) is 6.95. The van der Waals surface area contributed by atoms with Crippen LogP contribution in [0.1, 0.15) is 12.5 Å². The van der Waals surface area contributed by atoms with Gasteiger partial charge in [-0.3, -0.25) is 19.7 Å². The van der Waals surface area contributed by atoms with E-state index in [1.165, 1.54) is 4.90 Å². The van der Waals surface area contributed by atoms with Crippen molar-refractivity contribution in [2.45, 2.75) is 12.5 Å². The van der Waals surface area contributed by atoms with Gasteiger partial charge in [0, 0.05) is 52.1 Å². The van der Waals surface area contributed by atoms with E-state index in [-0.39, 0.29) is 11.9 Å². The van der Waals surface area contributed by atoms with E-state index in [1.807, 2.05) is 12.1 Å². The van der Waals surface area contributed by atoms with Gasteiger partial charge in [-0.1, -0.05) is 0 Å². The van der Waals surface area contributed by atoms with Crippen molar-refractivity contribution < 1.29 is 4.79 Å². The molecule has 1 amide bonds. The molecule has 3 heterocycles. The number of carbonyl (C=O) groups is 1. The molecule has 1 atom stereocenters. The Labute approximate surface area is 141 Å². The lowest BCUT2D eigenvalue weighted by Gasteiger charge is -2.20. The molecule has 2 N–H and O–H groups in total. The van der Waals surface area contributed by atoms with Crippen molar-refractivity contribution in [3.8, 4) is 11.1 Å². The van der Waals surface area contributed by atoms with Crippen molar-refractivity contribution in [1.82, 2.24) is 14.9 Å². The number of guanidine groups is 1. The number of amides is 1. The van der Waals surface area contributed by atoms with Crippen molar-refractivity contribution >= 4 is 34.5 Å². The topological polar surface area (TPSA) is 84.5 Å². The Morgan fingerprint density at radius 1 is 1.14 bits per heavy atom. The quantitative estimate of drug-likeness (QED) is 0.769. The molecular weight excluding hydrogens is 393 g/mol. The number of rotatable bonds is 2. The molecule has 0 bridgehead atoms. The lowest BCUT2D eigenvalue weighted by molar-refractivity contribution is -0.130. The van der Waals surface area contributed by atoms with E-state index < -0.39 is 5.54 Å². The third-order valence-electron chi connectivity index (χ3n) is 3.74. The summed E-state index contributed by atoms with van der Waals surface area (Å²) in [6, 6.07) is 3.92. The Balaban J connectivity index is 2.08. The minimum Gasteiger partial charge on any atom is -0.369 e. The number of aliphatic imine (C=N–C) groups is 1. The van der Waals surface area contributed by atoms with Gasteiger partial charge in [0.2, 0.25) is 0 Å². The summed E-state index contributed by atoms with van der Waals surface area (Å²) < 4.78 is 1.03. The minimum atomic E-state index is -1.03. The molecule has 7 heteroatoms. The predicted octanol–water partition coefficient (Wildman–Crippen LogP) is 1.75. The average Bonchev–Trinajstić information content (AvgIpc) is 2.72. The normalized spacial score (nSPS) is 21.1. The maximum atomic E-state index is 12.4. The number of aromatic nitrogens is 2. The Kier molecular flexibility index (Phi) is 3.59. The molecule has 2 aromatic heterocycles. The van der Waals surface area contributed by atoms with Gasteiger partial charge in [-0.05, 0) is 41.6 Å². The molecular formula is C15H14IN5O. The molecule has 0 saturated heterocycles. The minimum absolute atomic E-state index is 0.162. The summed E-state index contributed by atoms with van der Waals surface area (Å²) in [5.41, 5.74) is 7.29. The number of likely N-dealkylation sites (N-methyl/N-ethyl adjacent to an activating group) is 1. The van der Waals surface area contributed by atoms with Gasteiger partial charge in [0.15, 0.2) is 11.5 Å². The molecule has 1 aliphatic heterocycles. The second kappa shape index (κ2) is 5.31. The van der Waals surface area contributed by atoms with Gasteiger partial charge in [0.25, 0.3) is 5.91 Å². The highest BCUT2D eigenvalue weighted by Gasteiger charge is 2.44. The van der Waals surface area contributed by atoms with Crippen molar-refractivity contribution in [2.75, 3.05) is 7.05 Å². The fourth-order valence-electron chi connectivity index (χ4n) is 2.40. The van der Waals surface area contributed by atoms with Crippen molar-refractivity contribution in [3.05, 3.63) is 46.1 Å². The fraction of sp³-hybridized carbons (Fsp3) is 0.200. The highest BCUT2D eigenvalue weighted by Crippen LogP contribution is 2.33. The molecule has 0 aromatic carbocycles. The van der Waals surface area contributed by atoms with Gasteiger partial charge in [0.05, 0.1) is 0 Å². The highest BCUT2D eigenvalue weighted by atomic mass is 127. The van der Waals surface area contributed by atoms with Gasteiger partial charge in [0.1, 0.15) is 0 Å². The first-order valence-corrected chi connectivity index (χ1v) is 7.69. The van der Waals surface area contributed by atoms with Crippen LogP contribution in [0.2, 0.25) is 0 Å². The largest absolute Gasteiger partial charge is 0.369 e. The van der Waals surface area contributed by atoms with E-state index >= 15 is 0 Å². The number of nitrogens with zero attached hydrogens (tertiary/aromatic N) is 4. The molecule has 2 aromatic rings. The molecule has 0 saturated carbocycles. The van der Waals surface area contributed by atoms with Crippen LogP contribution < -0.4 is 5.73 Å². The highest BCUT2D eigenvalue weighted by molar-refractivity contribution is 14.1. The first-order valence-electron chi connectivity index (χ1n) is 6.62. The Morgan fingerprint density at radius 2 is 1.77 bits per heavy atom. The molecule has 0 aliphatic carbocycles. The Hall–Kier alpha value is -2.03. The summed E-state index contributed by atoms with van der Waals surface area (Å²) in [7, 11) is 1.62. The zero-order chi connectivity index (χ0) is 15.9. The van der Waals surface area contributed by atoms with Crippen LogP contribution in [-0.4, -0.2) is 33.8 Å². The Morgan fingerprint density at radius 3 is 2.36 bits per heavy atom. The maximum absolute atomic E-state index is 12.4. The van der Waals surface area contributed by atoms with E-state index in [0.29, 0.717) is 5.56 Å². The van der Waals surface area contributed by atoms with E-state index in [0.717, 1.165) is 14.7 Å². The first kappa shape index (κ1) is 14.9. The lowest BCUT2D eigenvalue weighted by atomic mass is 9.92.